The molecule has 132 valence electrons. The summed E-state index contributed by atoms with van der Waals surface area (Å²) >= 11 is 1.05. The predicted molar refractivity (Wildman–Crippen MR) is 95.0 cm³/mol. The summed E-state index contributed by atoms with van der Waals surface area (Å²) in [5.74, 6) is 0. The lowest BCUT2D eigenvalue weighted by Crippen LogP contribution is -2.23. The van der Waals surface area contributed by atoms with Gasteiger partial charge in [0, 0.05) is 25.5 Å². The maximum absolute atomic E-state index is 12.3. The van der Waals surface area contributed by atoms with E-state index in [0.29, 0.717) is 4.88 Å². The molecule has 0 radical (unpaired) electrons. The minimum atomic E-state index is -3.63. The lowest BCUT2D eigenvalue weighted by molar-refractivity contribution is 0.523. The summed E-state index contributed by atoms with van der Waals surface area (Å²) in [7, 11) is -4.21. The molecule has 9 heteroatoms. The van der Waals surface area contributed by atoms with Crippen molar-refractivity contribution in [1.29, 1.82) is 0 Å². The second-order valence-corrected chi connectivity index (χ2v) is 10.6. The van der Waals surface area contributed by atoms with Crippen molar-refractivity contribution in [3.8, 4) is 0 Å². The van der Waals surface area contributed by atoms with Crippen LogP contribution in [-0.2, 0) is 33.0 Å². The van der Waals surface area contributed by atoms with Gasteiger partial charge < -0.3 is 0 Å². The van der Waals surface area contributed by atoms with E-state index < -0.39 is 20.0 Å². The molecule has 0 aliphatic heterocycles. The van der Waals surface area contributed by atoms with Gasteiger partial charge in [0.1, 0.15) is 4.21 Å². The molecular formula is C15H20N2O4S3. The molecule has 0 fully saturated rings. The molecule has 0 aliphatic rings. The van der Waals surface area contributed by atoms with Gasteiger partial charge in [-0.2, -0.15) is 0 Å². The van der Waals surface area contributed by atoms with Crippen LogP contribution < -0.4 is 4.72 Å². The van der Waals surface area contributed by atoms with Crippen molar-refractivity contribution in [2.75, 3.05) is 14.1 Å². The van der Waals surface area contributed by atoms with E-state index in [1.54, 1.807) is 30.3 Å². The Kier molecular flexibility index (Phi) is 5.82. The summed E-state index contributed by atoms with van der Waals surface area (Å²) in [5, 5.41) is 0. The van der Waals surface area contributed by atoms with E-state index in [1.165, 1.54) is 20.2 Å². The maximum atomic E-state index is 12.3. The summed E-state index contributed by atoms with van der Waals surface area (Å²) in [6.07, 6.45) is 0.839. The normalized spacial score (nSPS) is 12.7. The molecule has 1 aromatic carbocycles. The smallest absolute Gasteiger partial charge is 0.207 e. The molecule has 1 N–H and O–H groups in total. The highest BCUT2D eigenvalue weighted by molar-refractivity contribution is 7.91. The van der Waals surface area contributed by atoms with Crippen LogP contribution >= 0.6 is 11.3 Å². The Balaban J connectivity index is 2.11. The fourth-order valence-electron chi connectivity index (χ4n) is 1.93. The van der Waals surface area contributed by atoms with Gasteiger partial charge in [0.25, 0.3) is 10.0 Å². The van der Waals surface area contributed by atoms with Gasteiger partial charge in [-0.15, -0.1) is 11.3 Å². The van der Waals surface area contributed by atoms with E-state index in [-0.39, 0.29) is 15.6 Å². The molecule has 0 unspecified atom stereocenters. The van der Waals surface area contributed by atoms with Gasteiger partial charge in [-0.1, -0.05) is 19.1 Å². The molecule has 0 spiro atoms. The predicted octanol–water partition coefficient (Wildman–Crippen LogP) is 2.04. The lowest BCUT2D eigenvalue weighted by Gasteiger charge is -2.08. The van der Waals surface area contributed by atoms with Crippen LogP contribution in [0.4, 0.5) is 0 Å². The van der Waals surface area contributed by atoms with Crippen molar-refractivity contribution in [3.63, 3.8) is 0 Å². The van der Waals surface area contributed by atoms with Gasteiger partial charge in [0.2, 0.25) is 10.0 Å². The van der Waals surface area contributed by atoms with Gasteiger partial charge in [-0.05, 0) is 36.2 Å². The fraction of sp³-hybridized carbons (Fsp3) is 0.333. The second kappa shape index (κ2) is 7.32. The quantitative estimate of drug-likeness (QED) is 0.787. The third kappa shape index (κ3) is 4.22. The number of aryl methyl sites for hydroxylation is 1. The molecule has 0 amide bonds. The van der Waals surface area contributed by atoms with Crippen LogP contribution in [0.15, 0.2) is 45.5 Å². The molecule has 24 heavy (non-hydrogen) atoms. The molecule has 0 aliphatic carbocycles. The number of nitrogens with one attached hydrogen (secondary N) is 1. The highest BCUT2D eigenvalue weighted by Crippen LogP contribution is 2.24. The Morgan fingerprint density at radius 1 is 1.00 bits per heavy atom. The van der Waals surface area contributed by atoms with Crippen LogP contribution in [-0.4, -0.2) is 35.2 Å². The molecule has 0 atom stereocenters. The molecule has 0 bridgehead atoms. The van der Waals surface area contributed by atoms with Gasteiger partial charge in [0.05, 0.1) is 4.90 Å². The van der Waals surface area contributed by atoms with Crippen molar-refractivity contribution in [3.05, 3.63) is 46.8 Å². The summed E-state index contributed by atoms with van der Waals surface area (Å²) in [4.78, 5) is 0.821. The van der Waals surface area contributed by atoms with Crippen LogP contribution in [0.3, 0.4) is 0 Å². The number of thiophene rings is 1. The standard InChI is InChI=1S/C15H20N2O4S3/c1-4-12-5-8-14(9-6-12)23(18,19)16-11-13-7-10-15(22-13)24(20,21)17(2)3/h5-10,16H,4,11H2,1-3H3. The van der Waals surface area contributed by atoms with E-state index in [0.717, 1.165) is 27.6 Å². The van der Waals surface area contributed by atoms with Crippen molar-refractivity contribution in [1.82, 2.24) is 9.03 Å². The number of nitrogens with zero attached hydrogens (tertiary/aromatic N) is 1. The maximum Gasteiger partial charge on any atom is 0.252 e. The Morgan fingerprint density at radius 3 is 2.17 bits per heavy atom. The van der Waals surface area contributed by atoms with Crippen LogP contribution in [0, 0.1) is 0 Å². The monoisotopic (exact) mass is 388 g/mol. The molecule has 0 saturated carbocycles. The summed E-state index contributed by atoms with van der Waals surface area (Å²) in [6.45, 7) is 2.05. The summed E-state index contributed by atoms with van der Waals surface area (Å²) in [5.41, 5.74) is 1.06. The second-order valence-electron chi connectivity index (χ2n) is 5.33. The minimum Gasteiger partial charge on any atom is -0.207 e. The number of sulfonamides is 2. The molecule has 2 aromatic rings. The number of hydrogen-bond acceptors (Lipinski definition) is 5. The van der Waals surface area contributed by atoms with Crippen LogP contribution in [0.5, 0.6) is 0 Å². The van der Waals surface area contributed by atoms with Crippen molar-refractivity contribution >= 4 is 31.4 Å². The van der Waals surface area contributed by atoms with E-state index in [9.17, 15) is 16.8 Å². The molecule has 1 aromatic heterocycles. The molecular weight excluding hydrogens is 368 g/mol. The van der Waals surface area contributed by atoms with E-state index in [2.05, 4.69) is 4.72 Å². The van der Waals surface area contributed by atoms with E-state index in [1.807, 2.05) is 6.92 Å². The van der Waals surface area contributed by atoms with Crippen LogP contribution in [0.25, 0.3) is 0 Å². The zero-order chi connectivity index (χ0) is 18.0. The van der Waals surface area contributed by atoms with Gasteiger partial charge >= 0.3 is 0 Å². The molecule has 1 heterocycles. The first-order valence-electron chi connectivity index (χ1n) is 7.26. The Labute approximate surface area is 147 Å². The number of rotatable bonds is 7. The molecule has 0 saturated heterocycles. The average molecular weight is 389 g/mol. The molecule has 6 nitrogen and oxygen atoms in total. The number of hydrogen-bond donors (Lipinski definition) is 1. The van der Waals surface area contributed by atoms with Gasteiger partial charge in [-0.3, -0.25) is 0 Å². The number of benzene rings is 1. The summed E-state index contributed by atoms with van der Waals surface area (Å²) < 4.78 is 52.4. The van der Waals surface area contributed by atoms with Crippen molar-refractivity contribution in [2.45, 2.75) is 29.0 Å². The first-order chi connectivity index (χ1) is 11.2. The summed E-state index contributed by atoms with van der Waals surface area (Å²) in [6, 6.07) is 9.79. The first-order valence-corrected chi connectivity index (χ1v) is 11.0. The largest absolute Gasteiger partial charge is 0.252 e. The van der Waals surface area contributed by atoms with Crippen LogP contribution in [0.1, 0.15) is 17.4 Å². The van der Waals surface area contributed by atoms with E-state index in [4.69, 9.17) is 0 Å². The third-order valence-electron chi connectivity index (χ3n) is 3.45. The van der Waals surface area contributed by atoms with Gasteiger partial charge in [-0.25, -0.2) is 25.9 Å². The topological polar surface area (TPSA) is 83.5 Å². The highest BCUT2D eigenvalue weighted by atomic mass is 32.2. The van der Waals surface area contributed by atoms with Crippen molar-refractivity contribution in [2.24, 2.45) is 0 Å². The zero-order valence-electron chi connectivity index (χ0n) is 13.7. The van der Waals surface area contributed by atoms with E-state index >= 15 is 0 Å². The Hall–Kier alpha value is -1.26. The fourth-order valence-corrected chi connectivity index (χ4v) is 5.49. The van der Waals surface area contributed by atoms with Crippen LogP contribution in [0.2, 0.25) is 0 Å². The van der Waals surface area contributed by atoms with Gasteiger partial charge in [0.15, 0.2) is 0 Å². The first kappa shape index (κ1) is 19.1. The zero-order valence-corrected chi connectivity index (χ0v) is 16.1. The highest BCUT2D eigenvalue weighted by Gasteiger charge is 2.20. The average Bonchev–Trinajstić information content (AvgIpc) is 3.03. The Bertz CT molecular complexity index is 898. The SMILES string of the molecule is CCc1ccc(S(=O)(=O)NCc2ccc(S(=O)(=O)N(C)C)s2)cc1. The minimum absolute atomic E-state index is 0.0471. The third-order valence-corrected chi connectivity index (χ3v) is 8.24. The molecule has 2 rings (SSSR count). The van der Waals surface area contributed by atoms with Crippen molar-refractivity contribution < 1.29 is 16.8 Å². The lowest BCUT2D eigenvalue weighted by atomic mass is 10.2. The Morgan fingerprint density at radius 2 is 1.62 bits per heavy atom.